The Hall–Kier alpha value is -0.280. The molecule has 6 aliphatic rings. The first-order chi connectivity index (χ1) is 15.6. The predicted molar refractivity (Wildman–Crippen MR) is 133 cm³/mol. The average Bonchev–Trinajstić information content (AvgIpc) is 3.20. The number of fused-ring (bicyclic) bond motifs is 9. The minimum Gasteiger partial charge on any atom is -0.462 e. The first-order valence-electron chi connectivity index (χ1n) is 14.2. The van der Waals surface area contributed by atoms with Crippen LogP contribution in [-0.2, 0) is 9.53 Å². The maximum atomic E-state index is 11.6. The molecule has 4 aliphatic carbocycles. The van der Waals surface area contributed by atoms with E-state index < -0.39 is 0 Å². The van der Waals surface area contributed by atoms with Crippen molar-refractivity contribution in [3.63, 3.8) is 0 Å². The lowest BCUT2D eigenvalue weighted by Gasteiger charge is -2.64. The number of esters is 1. The summed E-state index contributed by atoms with van der Waals surface area (Å²) in [6.07, 6.45) is 12.4. The zero-order valence-corrected chi connectivity index (χ0v) is 22.4. The molecule has 0 aromatic carbocycles. The average molecular weight is 476 g/mol. The molecule has 4 unspecified atom stereocenters. The number of rotatable bonds is 1. The fourth-order valence-corrected chi connectivity index (χ4v) is 11.8. The highest BCUT2D eigenvalue weighted by Crippen LogP contribution is 2.72. The highest BCUT2D eigenvalue weighted by Gasteiger charge is 2.69. The summed E-state index contributed by atoms with van der Waals surface area (Å²) in [4.78, 5) is 14.4. The molecule has 2 heterocycles. The minimum absolute atomic E-state index is 0.0168. The van der Waals surface area contributed by atoms with Gasteiger partial charge in [0.25, 0.3) is 0 Å². The number of carbonyl (C=O) groups is 1. The molecule has 186 valence electrons. The van der Waals surface area contributed by atoms with Gasteiger partial charge in [0.05, 0.1) is 4.87 Å². The van der Waals surface area contributed by atoms with Gasteiger partial charge in [0.1, 0.15) is 6.10 Å². The van der Waals surface area contributed by atoms with Gasteiger partial charge in [0.2, 0.25) is 0 Å². The van der Waals surface area contributed by atoms with Crippen molar-refractivity contribution >= 4 is 17.6 Å². The summed E-state index contributed by atoms with van der Waals surface area (Å²) in [7, 11) is 0. The lowest BCUT2D eigenvalue weighted by Crippen LogP contribution is -2.61. The van der Waals surface area contributed by atoms with Crippen LogP contribution in [-0.4, -0.2) is 40.5 Å². The molecule has 0 spiro atoms. The highest BCUT2D eigenvalue weighted by atomic mass is 35.5. The third-order valence-corrected chi connectivity index (χ3v) is 13.4. The molecule has 2 aliphatic heterocycles. The van der Waals surface area contributed by atoms with Gasteiger partial charge < -0.3 is 4.74 Å². The van der Waals surface area contributed by atoms with E-state index >= 15 is 0 Å². The number of piperidine rings is 1. The van der Waals surface area contributed by atoms with Crippen LogP contribution in [0.1, 0.15) is 98.8 Å². The number of carbonyl (C=O) groups excluding carboxylic acids is 1. The largest absolute Gasteiger partial charge is 0.462 e. The van der Waals surface area contributed by atoms with Crippen LogP contribution in [0.25, 0.3) is 0 Å². The first kappa shape index (κ1) is 23.1. The molecule has 0 aromatic heterocycles. The Morgan fingerprint density at radius 1 is 0.970 bits per heavy atom. The molecule has 0 amide bonds. The number of ether oxygens (including phenoxy) is 1. The van der Waals surface area contributed by atoms with Gasteiger partial charge >= 0.3 is 5.97 Å². The maximum Gasteiger partial charge on any atom is 0.302 e. The van der Waals surface area contributed by atoms with E-state index in [9.17, 15) is 4.79 Å². The van der Waals surface area contributed by atoms with Gasteiger partial charge in [-0.1, -0.05) is 27.7 Å². The maximum absolute atomic E-state index is 11.6. The monoisotopic (exact) mass is 475 g/mol. The molecule has 33 heavy (non-hydrogen) atoms. The van der Waals surface area contributed by atoms with Crippen LogP contribution in [0.2, 0.25) is 0 Å². The normalized spacial score (nSPS) is 57.9. The van der Waals surface area contributed by atoms with Crippen molar-refractivity contribution in [1.82, 2.24) is 4.90 Å². The van der Waals surface area contributed by atoms with Crippen LogP contribution in [0, 0.1) is 46.3 Å². The van der Waals surface area contributed by atoms with Crippen molar-refractivity contribution in [2.24, 2.45) is 46.3 Å². The Labute approximate surface area is 206 Å². The van der Waals surface area contributed by atoms with Crippen LogP contribution in [0.3, 0.4) is 0 Å². The highest BCUT2D eigenvalue weighted by molar-refractivity contribution is 6.24. The van der Waals surface area contributed by atoms with E-state index in [0.29, 0.717) is 5.41 Å². The summed E-state index contributed by atoms with van der Waals surface area (Å²) in [6, 6.07) is 1.68. The van der Waals surface area contributed by atoms with Crippen LogP contribution in [0.4, 0.5) is 0 Å². The Morgan fingerprint density at radius 2 is 1.76 bits per heavy atom. The third-order valence-electron chi connectivity index (χ3n) is 12.6. The quantitative estimate of drug-likeness (QED) is 0.313. The summed E-state index contributed by atoms with van der Waals surface area (Å²) in [6.45, 7) is 13.2. The van der Waals surface area contributed by atoms with E-state index in [0.717, 1.165) is 73.3 Å². The summed E-state index contributed by atoms with van der Waals surface area (Å²) in [5.41, 5.74) is 0.699. The molecular formula is C29H46ClNO2. The Bertz CT molecular complexity index is 817. The second-order valence-corrected chi connectivity index (χ2v) is 14.7. The molecule has 6 rings (SSSR count). The Morgan fingerprint density at radius 3 is 2.52 bits per heavy atom. The zero-order valence-electron chi connectivity index (χ0n) is 21.6. The van der Waals surface area contributed by atoms with E-state index in [-0.39, 0.29) is 22.4 Å². The van der Waals surface area contributed by atoms with Gasteiger partial charge in [0.15, 0.2) is 0 Å². The first-order valence-corrected chi connectivity index (χ1v) is 14.6. The summed E-state index contributed by atoms with van der Waals surface area (Å²) in [5, 5.41) is 0. The summed E-state index contributed by atoms with van der Waals surface area (Å²) in [5.74, 6) is 4.93. The lowest BCUT2D eigenvalue weighted by molar-refractivity contribution is -0.157. The minimum atomic E-state index is -0.199. The zero-order chi connectivity index (χ0) is 23.3. The number of hydrogen-bond donors (Lipinski definition) is 0. The number of alkyl halides is 1. The van der Waals surface area contributed by atoms with E-state index in [2.05, 4.69) is 32.6 Å². The van der Waals surface area contributed by atoms with Crippen molar-refractivity contribution in [3.8, 4) is 0 Å². The van der Waals surface area contributed by atoms with E-state index in [1.165, 1.54) is 45.1 Å². The van der Waals surface area contributed by atoms with Crippen molar-refractivity contribution < 1.29 is 9.53 Å². The molecule has 12 atom stereocenters. The fourth-order valence-electron chi connectivity index (χ4n) is 11.2. The third kappa shape index (κ3) is 3.12. The second-order valence-electron chi connectivity index (χ2n) is 14.0. The predicted octanol–water partition coefficient (Wildman–Crippen LogP) is 6.67. The SMILES string of the molecule is CC(=O)O[C@H]1CC[C@]2(C)[C@H]3CC[C@]4(C)C5C(C)C6CC[C@H](C)CN6C5C[C@H]4[C@@H]3CC[C@@]2(Cl)C1. The smallest absolute Gasteiger partial charge is 0.302 e. The molecule has 2 saturated heterocycles. The van der Waals surface area contributed by atoms with Crippen LogP contribution >= 0.6 is 11.6 Å². The molecule has 0 radical (unpaired) electrons. The molecule has 0 N–H and O–H groups in total. The summed E-state index contributed by atoms with van der Waals surface area (Å²) < 4.78 is 5.66. The van der Waals surface area contributed by atoms with Gasteiger partial charge in [-0.2, -0.15) is 0 Å². The van der Waals surface area contributed by atoms with Crippen molar-refractivity contribution in [3.05, 3.63) is 0 Å². The Balaban J connectivity index is 1.27. The van der Waals surface area contributed by atoms with E-state index in [1.807, 2.05) is 0 Å². The molecule has 4 saturated carbocycles. The molecular weight excluding hydrogens is 430 g/mol. The topological polar surface area (TPSA) is 29.5 Å². The number of nitrogens with zero attached hydrogens (tertiary/aromatic N) is 1. The lowest BCUT2D eigenvalue weighted by atomic mass is 9.44. The van der Waals surface area contributed by atoms with Crippen LogP contribution in [0.5, 0.6) is 0 Å². The molecule has 4 heteroatoms. The van der Waals surface area contributed by atoms with Crippen molar-refractivity contribution in [2.75, 3.05) is 6.54 Å². The standard InChI is InChI=1S/C29H46ClNO2/c1-17-6-7-24-18(2)26-25(31(24)16-17)14-23-21-9-13-29(30)15-20(33-19(3)32)8-12-28(29,5)22(21)10-11-27(23,26)4/h17-18,20-26H,6-16H2,1-5H3/t17-,18?,20-,21+,22-,23-,24?,25?,26?,27-,28+,29+/m0/s1. The summed E-state index contributed by atoms with van der Waals surface area (Å²) >= 11 is 7.52. The second kappa shape index (κ2) is 7.61. The van der Waals surface area contributed by atoms with E-state index in [4.69, 9.17) is 16.3 Å². The van der Waals surface area contributed by atoms with Gasteiger partial charge in [-0.3, -0.25) is 9.69 Å². The van der Waals surface area contributed by atoms with Gasteiger partial charge in [-0.15, -0.1) is 11.6 Å². The van der Waals surface area contributed by atoms with Gasteiger partial charge in [-0.25, -0.2) is 0 Å². The van der Waals surface area contributed by atoms with Crippen LogP contribution < -0.4 is 0 Å². The molecule has 6 fully saturated rings. The van der Waals surface area contributed by atoms with Gasteiger partial charge in [0, 0.05) is 32.0 Å². The molecule has 3 nitrogen and oxygen atoms in total. The number of hydrogen-bond acceptors (Lipinski definition) is 3. The molecule has 0 bridgehead atoms. The molecule has 0 aromatic rings. The number of halogens is 1. The fraction of sp³-hybridized carbons (Fsp3) is 0.966. The van der Waals surface area contributed by atoms with Crippen LogP contribution in [0.15, 0.2) is 0 Å². The Kier molecular flexibility index (Phi) is 5.34. The van der Waals surface area contributed by atoms with Gasteiger partial charge in [-0.05, 0) is 104 Å². The van der Waals surface area contributed by atoms with Crippen molar-refractivity contribution in [2.45, 2.75) is 122 Å². The van der Waals surface area contributed by atoms with Crippen molar-refractivity contribution in [1.29, 1.82) is 0 Å². The van der Waals surface area contributed by atoms with E-state index in [1.54, 1.807) is 6.92 Å².